The van der Waals surface area contributed by atoms with Crippen LogP contribution in [0.25, 0.3) is 0 Å². The van der Waals surface area contributed by atoms with Crippen molar-refractivity contribution >= 4 is 29.9 Å². The standard InChI is InChI=1S/C8H9BN2O5/c1-5(12)10-6-2-3-7(9(13)14)8(4-6)11(15)16/h2-4,13-14H,1H3,(H,10,12). The Morgan fingerprint density at radius 2 is 2.12 bits per heavy atom. The molecule has 16 heavy (non-hydrogen) atoms. The molecule has 1 rings (SSSR count). The molecule has 7 nitrogen and oxygen atoms in total. The van der Waals surface area contributed by atoms with E-state index in [-0.39, 0.29) is 17.1 Å². The molecule has 0 saturated carbocycles. The molecule has 0 bridgehead atoms. The average molecular weight is 224 g/mol. The van der Waals surface area contributed by atoms with Crippen LogP contribution in [0.15, 0.2) is 18.2 Å². The summed E-state index contributed by atoms with van der Waals surface area (Å²) >= 11 is 0. The zero-order chi connectivity index (χ0) is 12.3. The lowest BCUT2D eigenvalue weighted by atomic mass is 9.79. The number of nitrogens with zero attached hydrogens (tertiary/aromatic N) is 1. The van der Waals surface area contributed by atoms with Crippen molar-refractivity contribution in [1.29, 1.82) is 0 Å². The van der Waals surface area contributed by atoms with Crippen molar-refractivity contribution in [3.63, 3.8) is 0 Å². The van der Waals surface area contributed by atoms with Gasteiger partial charge in [0.2, 0.25) is 5.91 Å². The van der Waals surface area contributed by atoms with Gasteiger partial charge in [-0.2, -0.15) is 0 Å². The van der Waals surface area contributed by atoms with Crippen molar-refractivity contribution in [2.75, 3.05) is 5.32 Å². The zero-order valence-corrected chi connectivity index (χ0v) is 8.38. The number of nitro groups is 1. The fourth-order valence-corrected chi connectivity index (χ4v) is 1.20. The van der Waals surface area contributed by atoms with E-state index in [9.17, 15) is 14.9 Å². The normalized spacial score (nSPS) is 9.69. The smallest absolute Gasteiger partial charge is 0.423 e. The summed E-state index contributed by atoms with van der Waals surface area (Å²) < 4.78 is 0. The molecule has 0 radical (unpaired) electrons. The highest BCUT2D eigenvalue weighted by Crippen LogP contribution is 2.15. The van der Waals surface area contributed by atoms with Gasteiger partial charge in [0.25, 0.3) is 5.69 Å². The van der Waals surface area contributed by atoms with Crippen LogP contribution < -0.4 is 10.8 Å². The third kappa shape index (κ3) is 2.78. The van der Waals surface area contributed by atoms with Crippen LogP contribution in [0.3, 0.4) is 0 Å². The largest absolute Gasteiger partial charge is 0.495 e. The van der Waals surface area contributed by atoms with E-state index in [0.29, 0.717) is 0 Å². The highest BCUT2D eigenvalue weighted by molar-refractivity contribution is 6.60. The molecule has 1 amide bonds. The van der Waals surface area contributed by atoms with Crippen LogP contribution in [0.4, 0.5) is 11.4 Å². The van der Waals surface area contributed by atoms with Crippen LogP contribution in [0.1, 0.15) is 6.92 Å². The van der Waals surface area contributed by atoms with Crippen molar-refractivity contribution in [3.05, 3.63) is 28.3 Å². The number of benzene rings is 1. The maximum atomic E-state index is 10.7. The second-order valence-electron chi connectivity index (χ2n) is 3.09. The summed E-state index contributed by atoms with van der Waals surface area (Å²) in [7, 11) is -1.92. The second kappa shape index (κ2) is 4.73. The average Bonchev–Trinajstić information content (AvgIpc) is 2.16. The van der Waals surface area contributed by atoms with Crippen LogP contribution in [0, 0.1) is 10.1 Å². The fraction of sp³-hybridized carbons (Fsp3) is 0.125. The number of carbonyl (C=O) groups is 1. The van der Waals surface area contributed by atoms with Crippen LogP contribution >= 0.6 is 0 Å². The maximum absolute atomic E-state index is 10.7. The van der Waals surface area contributed by atoms with Crippen LogP contribution in [0.2, 0.25) is 0 Å². The molecule has 8 heteroatoms. The van der Waals surface area contributed by atoms with E-state index in [1.54, 1.807) is 0 Å². The molecule has 1 aromatic carbocycles. The van der Waals surface area contributed by atoms with Crippen LogP contribution in [-0.4, -0.2) is 28.0 Å². The SMILES string of the molecule is CC(=O)Nc1ccc(B(O)O)c([N+](=O)[O-])c1. The lowest BCUT2D eigenvalue weighted by molar-refractivity contribution is -0.383. The number of hydrogen-bond acceptors (Lipinski definition) is 5. The molecule has 1 aromatic rings. The molecule has 0 spiro atoms. The molecular formula is C8H9BN2O5. The molecule has 0 aliphatic heterocycles. The van der Waals surface area contributed by atoms with E-state index < -0.39 is 17.7 Å². The van der Waals surface area contributed by atoms with E-state index in [4.69, 9.17) is 10.0 Å². The molecule has 0 saturated heterocycles. The Labute approximate surface area is 91.0 Å². The van der Waals surface area contributed by atoms with Crippen molar-refractivity contribution in [2.24, 2.45) is 0 Å². The zero-order valence-electron chi connectivity index (χ0n) is 8.38. The van der Waals surface area contributed by atoms with Crippen molar-refractivity contribution in [1.82, 2.24) is 0 Å². The molecule has 0 heterocycles. The molecule has 0 aliphatic rings. The van der Waals surface area contributed by atoms with Gasteiger partial charge in [0.05, 0.1) is 10.4 Å². The Morgan fingerprint density at radius 3 is 2.56 bits per heavy atom. The maximum Gasteiger partial charge on any atom is 0.495 e. The van der Waals surface area contributed by atoms with Crippen LogP contribution in [0.5, 0.6) is 0 Å². The van der Waals surface area contributed by atoms with Gasteiger partial charge in [-0.15, -0.1) is 0 Å². The summed E-state index contributed by atoms with van der Waals surface area (Å²) in [6.07, 6.45) is 0. The number of hydrogen-bond donors (Lipinski definition) is 3. The van der Waals surface area contributed by atoms with Gasteiger partial charge in [-0.25, -0.2) is 0 Å². The summed E-state index contributed by atoms with van der Waals surface area (Å²) in [6, 6.07) is 3.59. The number of amides is 1. The van der Waals surface area contributed by atoms with E-state index in [1.165, 1.54) is 19.1 Å². The van der Waals surface area contributed by atoms with Gasteiger partial charge in [-0.05, 0) is 6.07 Å². The third-order valence-corrected chi connectivity index (χ3v) is 1.83. The van der Waals surface area contributed by atoms with Gasteiger partial charge in [-0.1, -0.05) is 6.07 Å². The highest BCUT2D eigenvalue weighted by Gasteiger charge is 2.24. The monoisotopic (exact) mass is 224 g/mol. The van der Waals surface area contributed by atoms with Crippen LogP contribution in [-0.2, 0) is 4.79 Å². The number of anilines is 1. The Bertz CT molecular complexity index is 434. The first-order valence-corrected chi connectivity index (χ1v) is 4.34. The summed E-state index contributed by atoms with van der Waals surface area (Å²) in [5.74, 6) is -0.369. The molecule has 0 atom stereocenters. The minimum atomic E-state index is -1.92. The first-order valence-electron chi connectivity index (χ1n) is 4.34. The first kappa shape index (κ1) is 12.1. The van der Waals surface area contributed by atoms with Gasteiger partial charge in [-0.3, -0.25) is 14.9 Å². The van der Waals surface area contributed by atoms with Gasteiger partial charge in [0.15, 0.2) is 0 Å². The predicted octanol–water partition coefficient (Wildman–Crippen LogP) is -0.767. The van der Waals surface area contributed by atoms with Gasteiger partial charge in [0, 0.05) is 18.7 Å². The minimum absolute atomic E-state index is 0.223. The van der Waals surface area contributed by atoms with Crippen molar-refractivity contribution in [3.8, 4) is 0 Å². The van der Waals surface area contributed by atoms with Gasteiger partial charge >= 0.3 is 7.12 Å². The first-order chi connectivity index (χ1) is 7.41. The lowest BCUT2D eigenvalue weighted by Gasteiger charge is -2.05. The van der Waals surface area contributed by atoms with Gasteiger partial charge in [0.1, 0.15) is 0 Å². The summed E-state index contributed by atoms with van der Waals surface area (Å²) in [5, 5.41) is 30.8. The Hall–Kier alpha value is -1.93. The number of nitrogens with one attached hydrogen (secondary N) is 1. The number of rotatable bonds is 3. The molecule has 0 aliphatic carbocycles. The van der Waals surface area contributed by atoms with Crippen molar-refractivity contribution < 1.29 is 19.8 Å². The molecule has 0 aromatic heterocycles. The topological polar surface area (TPSA) is 113 Å². The lowest BCUT2D eigenvalue weighted by Crippen LogP contribution is -2.32. The van der Waals surface area contributed by atoms with Crippen molar-refractivity contribution in [2.45, 2.75) is 6.92 Å². The van der Waals surface area contributed by atoms with Gasteiger partial charge < -0.3 is 15.4 Å². The summed E-state index contributed by atoms with van der Waals surface area (Å²) in [5.41, 5.74) is -0.455. The molecule has 0 unspecified atom stereocenters. The predicted molar refractivity (Wildman–Crippen MR) is 57.2 cm³/mol. The second-order valence-corrected chi connectivity index (χ2v) is 3.09. The number of nitro benzene ring substituents is 1. The molecule has 0 fully saturated rings. The summed E-state index contributed by atoms with van der Waals surface area (Å²) in [6.45, 7) is 1.26. The third-order valence-electron chi connectivity index (χ3n) is 1.83. The van der Waals surface area contributed by atoms with E-state index >= 15 is 0 Å². The minimum Gasteiger partial charge on any atom is -0.423 e. The Balaban J connectivity index is 3.17. The fourth-order valence-electron chi connectivity index (χ4n) is 1.20. The molecule has 3 N–H and O–H groups in total. The number of carbonyl (C=O) groups excluding carboxylic acids is 1. The molecule has 84 valence electrons. The Morgan fingerprint density at radius 1 is 1.50 bits per heavy atom. The van der Waals surface area contributed by atoms with E-state index in [1.807, 2.05) is 0 Å². The highest BCUT2D eigenvalue weighted by atomic mass is 16.6. The molecular weight excluding hydrogens is 215 g/mol. The van der Waals surface area contributed by atoms with E-state index in [2.05, 4.69) is 5.32 Å². The van der Waals surface area contributed by atoms with E-state index in [0.717, 1.165) is 6.07 Å². The quantitative estimate of drug-likeness (QED) is 0.354. The summed E-state index contributed by atoms with van der Waals surface area (Å²) in [4.78, 5) is 20.6. The Kier molecular flexibility index (Phi) is 3.59.